The van der Waals surface area contributed by atoms with Crippen molar-refractivity contribution in [2.24, 2.45) is 5.92 Å². The van der Waals surface area contributed by atoms with Crippen molar-refractivity contribution < 1.29 is 13.0 Å². The average molecular weight is 211 g/mol. The Labute approximate surface area is 77.0 Å². The lowest BCUT2D eigenvalue weighted by Gasteiger charge is -2.27. The topological polar surface area (TPSA) is 66.4 Å². The molecule has 2 unspecified atom stereocenters. The van der Waals surface area contributed by atoms with Crippen LogP contribution in [-0.4, -0.2) is 30.5 Å². The number of thioether (sulfide) groups is 1. The molecule has 0 saturated carbocycles. The van der Waals surface area contributed by atoms with Gasteiger partial charge >= 0.3 is 10.3 Å². The van der Waals surface area contributed by atoms with Gasteiger partial charge in [-0.05, 0) is 23.8 Å². The fourth-order valence-corrected chi connectivity index (χ4v) is 3.17. The highest BCUT2D eigenvalue weighted by molar-refractivity contribution is 7.99. The first-order valence-electron chi connectivity index (χ1n) is 3.81. The van der Waals surface area contributed by atoms with Gasteiger partial charge < -0.3 is 0 Å². The molecule has 0 aliphatic carbocycles. The number of rotatable bonds is 2. The highest BCUT2D eigenvalue weighted by atomic mass is 32.2. The summed E-state index contributed by atoms with van der Waals surface area (Å²) in [5.74, 6) is 2.20. The van der Waals surface area contributed by atoms with Gasteiger partial charge in [-0.3, -0.25) is 4.55 Å². The van der Waals surface area contributed by atoms with Crippen molar-refractivity contribution in [3.05, 3.63) is 0 Å². The van der Waals surface area contributed by atoms with Crippen molar-refractivity contribution in [3.63, 3.8) is 0 Å². The maximum absolute atomic E-state index is 10.5. The van der Waals surface area contributed by atoms with E-state index in [9.17, 15) is 8.42 Å². The monoisotopic (exact) mass is 211 g/mol. The first-order chi connectivity index (χ1) is 5.49. The summed E-state index contributed by atoms with van der Waals surface area (Å²) in [6.07, 6.45) is 0.797. The first-order valence-corrected chi connectivity index (χ1v) is 6.41. The molecule has 0 spiro atoms. The summed E-state index contributed by atoms with van der Waals surface area (Å²) in [5.41, 5.74) is 0. The minimum Gasteiger partial charge on any atom is -0.273 e. The van der Waals surface area contributed by atoms with Gasteiger partial charge in [-0.25, -0.2) is 0 Å². The lowest BCUT2D eigenvalue weighted by Crippen LogP contribution is -2.42. The SMILES string of the molecule is CC1CSCCC1NS(=O)(=O)O. The molecule has 0 bridgehead atoms. The second-order valence-electron chi connectivity index (χ2n) is 3.04. The molecule has 2 atom stereocenters. The standard InChI is InChI=1S/C6H13NO3S2/c1-5-4-11-3-2-6(5)7-12(8,9)10/h5-7H,2-4H2,1H3,(H,8,9,10). The van der Waals surface area contributed by atoms with Gasteiger partial charge in [-0.1, -0.05) is 6.92 Å². The van der Waals surface area contributed by atoms with Crippen LogP contribution in [0.25, 0.3) is 0 Å². The van der Waals surface area contributed by atoms with Crippen molar-refractivity contribution in [1.29, 1.82) is 0 Å². The van der Waals surface area contributed by atoms with E-state index in [2.05, 4.69) is 4.72 Å². The van der Waals surface area contributed by atoms with E-state index >= 15 is 0 Å². The predicted molar refractivity (Wildman–Crippen MR) is 49.6 cm³/mol. The van der Waals surface area contributed by atoms with Gasteiger partial charge in [0.25, 0.3) is 0 Å². The predicted octanol–water partition coefficient (Wildman–Crippen LogP) is 0.520. The van der Waals surface area contributed by atoms with Crippen LogP contribution in [0.15, 0.2) is 0 Å². The molecule has 0 aromatic rings. The van der Waals surface area contributed by atoms with Crippen LogP contribution < -0.4 is 4.72 Å². The first kappa shape index (κ1) is 10.3. The summed E-state index contributed by atoms with van der Waals surface area (Å²) in [7, 11) is -4.02. The highest BCUT2D eigenvalue weighted by Crippen LogP contribution is 2.22. The molecule has 1 fully saturated rings. The molecular formula is C6H13NO3S2. The lowest BCUT2D eigenvalue weighted by atomic mass is 10.0. The van der Waals surface area contributed by atoms with Crippen LogP contribution in [0.5, 0.6) is 0 Å². The van der Waals surface area contributed by atoms with Gasteiger partial charge in [0.2, 0.25) is 0 Å². The largest absolute Gasteiger partial charge is 0.333 e. The van der Waals surface area contributed by atoms with E-state index in [0.717, 1.165) is 17.9 Å². The normalized spacial score (nSPS) is 31.8. The molecule has 1 aliphatic heterocycles. The fourth-order valence-electron chi connectivity index (χ4n) is 1.25. The van der Waals surface area contributed by atoms with E-state index in [0.29, 0.717) is 5.92 Å². The Morgan fingerprint density at radius 2 is 2.25 bits per heavy atom. The van der Waals surface area contributed by atoms with Crippen molar-refractivity contribution in [1.82, 2.24) is 4.72 Å². The molecule has 2 N–H and O–H groups in total. The van der Waals surface area contributed by atoms with Crippen LogP contribution in [0.1, 0.15) is 13.3 Å². The molecule has 72 valence electrons. The maximum atomic E-state index is 10.5. The van der Waals surface area contributed by atoms with Crippen LogP contribution >= 0.6 is 11.8 Å². The molecule has 1 aliphatic rings. The van der Waals surface area contributed by atoms with Gasteiger partial charge in [0, 0.05) is 6.04 Å². The Morgan fingerprint density at radius 3 is 2.75 bits per heavy atom. The summed E-state index contributed by atoms with van der Waals surface area (Å²) in [6.45, 7) is 1.98. The zero-order chi connectivity index (χ0) is 9.19. The minimum atomic E-state index is -4.02. The van der Waals surface area contributed by atoms with Crippen molar-refractivity contribution in [3.8, 4) is 0 Å². The number of nitrogens with one attached hydrogen (secondary N) is 1. The van der Waals surface area contributed by atoms with Crippen molar-refractivity contribution in [2.45, 2.75) is 19.4 Å². The zero-order valence-corrected chi connectivity index (χ0v) is 8.49. The van der Waals surface area contributed by atoms with E-state index in [1.807, 2.05) is 18.7 Å². The van der Waals surface area contributed by atoms with Gasteiger partial charge in [-0.2, -0.15) is 24.9 Å². The molecule has 4 nitrogen and oxygen atoms in total. The Bertz CT molecular complexity index is 239. The zero-order valence-electron chi connectivity index (χ0n) is 6.86. The molecular weight excluding hydrogens is 198 g/mol. The summed E-state index contributed by atoms with van der Waals surface area (Å²) < 4.78 is 31.7. The molecule has 0 aromatic carbocycles. The van der Waals surface area contributed by atoms with Crippen LogP contribution in [0, 0.1) is 5.92 Å². The third-order valence-corrected chi connectivity index (χ3v) is 3.83. The molecule has 0 amide bonds. The fraction of sp³-hybridized carbons (Fsp3) is 1.00. The minimum absolute atomic E-state index is 0.0961. The number of hydrogen-bond donors (Lipinski definition) is 2. The summed E-state index contributed by atoms with van der Waals surface area (Å²) in [6, 6.07) is -0.0961. The van der Waals surface area contributed by atoms with E-state index in [1.165, 1.54) is 0 Å². The Balaban J connectivity index is 2.50. The Hall–Kier alpha value is 0.220. The van der Waals surface area contributed by atoms with Crippen molar-refractivity contribution in [2.75, 3.05) is 11.5 Å². The lowest BCUT2D eigenvalue weighted by molar-refractivity contribution is 0.401. The molecule has 0 aromatic heterocycles. The van der Waals surface area contributed by atoms with Gasteiger partial charge in [0.1, 0.15) is 0 Å². The quantitative estimate of drug-likeness (QED) is 0.654. The van der Waals surface area contributed by atoms with Crippen LogP contribution in [0.3, 0.4) is 0 Å². The smallest absolute Gasteiger partial charge is 0.273 e. The molecule has 1 rings (SSSR count). The number of hydrogen-bond acceptors (Lipinski definition) is 3. The average Bonchev–Trinajstić information content (AvgIpc) is 1.91. The summed E-state index contributed by atoms with van der Waals surface area (Å²) in [4.78, 5) is 0. The highest BCUT2D eigenvalue weighted by Gasteiger charge is 2.24. The Kier molecular flexibility index (Phi) is 3.39. The molecule has 1 saturated heterocycles. The van der Waals surface area contributed by atoms with Crippen LogP contribution in [0.2, 0.25) is 0 Å². The van der Waals surface area contributed by atoms with E-state index in [-0.39, 0.29) is 6.04 Å². The van der Waals surface area contributed by atoms with Crippen LogP contribution in [0.4, 0.5) is 0 Å². The Morgan fingerprint density at radius 1 is 1.58 bits per heavy atom. The van der Waals surface area contributed by atoms with Gasteiger partial charge in [0.15, 0.2) is 0 Å². The van der Waals surface area contributed by atoms with E-state index in [4.69, 9.17) is 4.55 Å². The third kappa shape index (κ3) is 3.30. The third-order valence-electron chi connectivity index (χ3n) is 1.94. The van der Waals surface area contributed by atoms with Crippen molar-refractivity contribution >= 4 is 22.1 Å². The molecule has 0 radical (unpaired) electrons. The van der Waals surface area contributed by atoms with Crippen LogP contribution in [-0.2, 0) is 10.3 Å². The van der Waals surface area contributed by atoms with Gasteiger partial charge in [-0.15, -0.1) is 0 Å². The molecule has 12 heavy (non-hydrogen) atoms. The summed E-state index contributed by atoms with van der Waals surface area (Å²) >= 11 is 1.82. The second kappa shape index (κ2) is 3.95. The maximum Gasteiger partial charge on any atom is 0.333 e. The van der Waals surface area contributed by atoms with E-state index in [1.54, 1.807) is 0 Å². The molecule has 6 heteroatoms. The molecule has 1 heterocycles. The van der Waals surface area contributed by atoms with Gasteiger partial charge in [0.05, 0.1) is 0 Å². The van der Waals surface area contributed by atoms with E-state index < -0.39 is 10.3 Å². The second-order valence-corrected chi connectivity index (χ2v) is 5.38. The summed E-state index contributed by atoms with van der Waals surface area (Å²) in [5, 5.41) is 0.